The predicted octanol–water partition coefficient (Wildman–Crippen LogP) is 3.11. The average molecular weight is 381 g/mol. The SMILES string of the molecule is CSCCC(N)C(=O)N1CCOC(c2cc(F)c(Cl)cc2Cl)C1. The van der Waals surface area contributed by atoms with E-state index < -0.39 is 18.0 Å². The molecule has 1 aromatic rings. The molecule has 128 valence electrons. The van der Waals surface area contributed by atoms with Crippen LogP contribution < -0.4 is 5.73 Å². The minimum atomic E-state index is -0.560. The normalized spacial score (nSPS) is 19.7. The summed E-state index contributed by atoms with van der Waals surface area (Å²) in [7, 11) is 0. The van der Waals surface area contributed by atoms with E-state index in [0.29, 0.717) is 36.7 Å². The van der Waals surface area contributed by atoms with Gasteiger partial charge in [0.15, 0.2) is 0 Å². The lowest BCUT2D eigenvalue weighted by Gasteiger charge is -2.35. The van der Waals surface area contributed by atoms with Crippen LogP contribution in [-0.2, 0) is 9.53 Å². The number of halogens is 3. The van der Waals surface area contributed by atoms with Crippen LogP contribution in [0.5, 0.6) is 0 Å². The van der Waals surface area contributed by atoms with E-state index in [-0.39, 0.29) is 10.9 Å². The molecule has 1 saturated heterocycles. The smallest absolute Gasteiger partial charge is 0.239 e. The van der Waals surface area contributed by atoms with Gasteiger partial charge in [-0.2, -0.15) is 11.8 Å². The van der Waals surface area contributed by atoms with Gasteiger partial charge in [-0.1, -0.05) is 23.2 Å². The quantitative estimate of drug-likeness (QED) is 0.797. The topological polar surface area (TPSA) is 55.6 Å². The highest BCUT2D eigenvalue weighted by Crippen LogP contribution is 2.32. The molecule has 1 aromatic carbocycles. The van der Waals surface area contributed by atoms with Gasteiger partial charge < -0.3 is 15.4 Å². The summed E-state index contributed by atoms with van der Waals surface area (Å²) in [5.74, 6) is 0.155. The Morgan fingerprint density at radius 3 is 2.96 bits per heavy atom. The molecule has 0 saturated carbocycles. The minimum absolute atomic E-state index is 0.0402. The lowest BCUT2D eigenvalue weighted by atomic mass is 10.1. The van der Waals surface area contributed by atoms with Crippen LogP contribution in [0.3, 0.4) is 0 Å². The molecule has 23 heavy (non-hydrogen) atoms. The second-order valence-electron chi connectivity index (χ2n) is 5.32. The average Bonchev–Trinajstić information content (AvgIpc) is 2.55. The molecule has 2 rings (SSSR count). The van der Waals surface area contributed by atoms with Gasteiger partial charge in [0.25, 0.3) is 0 Å². The third-order valence-corrected chi connectivity index (χ3v) is 4.98. The van der Waals surface area contributed by atoms with Crippen LogP contribution >= 0.6 is 35.0 Å². The van der Waals surface area contributed by atoms with Crippen LogP contribution in [0.25, 0.3) is 0 Å². The molecule has 0 bridgehead atoms. The van der Waals surface area contributed by atoms with Crippen molar-refractivity contribution in [3.05, 3.63) is 33.6 Å². The zero-order chi connectivity index (χ0) is 17.0. The Kier molecular flexibility index (Phi) is 6.98. The van der Waals surface area contributed by atoms with Crippen LogP contribution in [0.2, 0.25) is 10.0 Å². The maximum absolute atomic E-state index is 13.7. The van der Waals surface area contributed by atoms with E-state index in [1.807, 2.05) is 6.26 Å². The number of carbonyl (C=O) groups excluding carboxylic acids is 1. The van der Waals surface area contributed by atoms with Crippen LogP contribution in [-0.4, -0.2) is 48.6 Å². The van der Waals surface area contributed by atoms with E-state index in [4.69, 9.17) is 33.7 Å². The number of benzene rings is 1. The van der Waals surface area contributed by atoms with Crippen molar-refractivity contribution in [2.45, 2.75) is 18.6 Å². The molecule has 1 fully saturated rings. The first-order valence-electron chi connectivity index (χ1n) is 7.23. The van der Waals surface area contributed by atoms with Gasteiger partial charge in [0, 0.05) is 17.1 Å². The molecule has 2 unspecified atom stereocenters. The lowest BCUT2D eigenvalue weighted by molar-refractivity contribution is -0.140. The van der Waals surface area contributed by atoms with Crippen molar-refractivity contribution in [3.63, 3.8) is 0 Å². The number of hydrogen-bond donors (Lipinski definition) is 1. The summed E-state index contributed by atoms with van der Waals surface area (Å²) in [6.07, 6.45) is 2.11. The van der Waals surface area contributed by atoms with Gasteiger partial charge in [0.2, 0.25) is 5.91 Å². The Morgan fingerprint density at radius 2 is 2.26 bits per heavy atom. The van der Waals surface area contributed by atoms with E-state index in [9.17, 15) is 9.18 Å². The van der Waals surface area contributed by atoms with E-state index in [0.717, 1.165) is 5.75 Å². The molecule has 1 aliphatic rings. The maximum atomic E-state index is 13.7. The Labute approximate surface area is 149 Å². The Bertz CT molecular complexity index is 577. The van der Waals surface area contributed by atoms with Gasteiger partial charge >= 0.3 is 0 Å². The van der Waals surface area contributed by atoms with Crippen LogP contribution in [0.15, 0.2) is 12.1 Å². The minimum Gasteiger partial charge on any atom is -0.370 e. The van der Waals surface area contributed by atoms with E-state index in [1.165, 1.54) is 12.1 Å². The fourth-order valence-corrected chi connectivity index (χ4v) is 3.42. The molecule has 8 heteroatoms. The summed E-state index contributed by atoms with van der Waals surface area (Å²) in [5.41, 5.74) is 6.43. The van der Waals surface area contributed by atoms with E-state index in [2.05, 4.69) is 0 Å². The number of amides is 1. The second kappa shape index (κ2) is 8.53. The van der Waals surface area contributed by atoms with E-state index in [1.54, 1.807) is 16.7 Å². The summed E-state index contributed by atoms with van der Waals surface area (Å²) in [6, 6.07) is 2.08. The van der Waals surface area contributed by atoms with Crippen molar-refractivity contribution in [2.24, 2.45) is 5.73 Å². The first kappa shape index (κ1) is 18.8. The first-order valence-corrected chi connectivity index (χ1v) is 9.38. The van der Waals surface area contributed by atoms with Gasteiger partial charge in [-0.05, 0) is 30.6 Å². The van der Waals surface area contributed by atoms with Gasteiger partial charge in [-0.25, -0.2) is 4.39 Å². The monoisotopic (exact) mass is 380 g/mol. The number of nitrogens with zero attached hydrogens (tertiary/aromatic N) is 1. The largest absolute Gasteiger partial charge is 0.370 e. The third-order valence-electron chi connectivity index (χ3n) is 3.71. The fourth-order valence-electron chi connectivity index (χ4n) is 2.43. The van der Waals surface area contributed by atoms with Crippen molar-refractivity contribution in [3.8, 4) is 0 Å². The number of rotatable bonds is 5. The van der Waals surface area contributed by atoms with Gasteiger partial charge in [-0.3, -0.25) is 4.79 Å². The Balaban J connectivity index is 2.09. The molecule has 2 atom stereocenters. The predicted molar refractivity (Wildman–Crippen MR) is 92.7 cm³/mol. The van der Waals surface area contributed by atoms with Crippen molar-refractivity contribution >= 4 is 40.9 Å². The number of hydrogen-bond acceptors (Lipinski definition) is 4. The number of carbonyl (C=O) groups is 1. The molecule has 1 aliphatic heterocycles. The lowest BCUT2D eigenvalue weighted by Crippen LogP contribution is -2.49. The molecule has 4 nitrogen and oxygen atoms in total. The van der Waals surface area contributed by atoms with Gasteiger partial charge in [0.05, 0.1) is 24.2 Å². The zero-order valence-corrected chi connectivity index (χ0v) is 15.1. The van der Waals surface area contributed by atoms with E-state index >= 15 is 0 Å². The molecular formula is C15H19Cl2FN2O2S. The number of nitrogens with two attached hydrogens (primary N) is 1. The Morgan fingerprint density at radius 1 is 1.52 bits per heavy atom. The molecule has 1 heterocycles. The fraction of sp³-hybridized carbons (Fsp3) is 0.533. The molecule has 0 aliphatic carbocycles. The first-order chi connectivity index (χ1) is 10.9. The van der Waals surface area contributed by atoms with Crippen LogP contribution in [0.1, 0.15) is 18.1 Å². The molecular weight excluding hydrogens is 362 g/mol. The highest BCUT2D eigenvalue weighted by molar-refractivity contribution is 7.98. The third kappa shape index (κ3) is 4.73. The highest BCUT2D eigenvalue weighted by Gasteiger charge is 2.29. The maximum Gasteiger partial charge on any atom is 0.239 e. The summed E-state index contributed by atoms with van der Waals surface area (Å²) in [5, 5.41) is 0.281. The molecule has 1 amide bonds. The van der Waals surface area contributed by atoms with Gasteiger partial charge in [-0.15, -0.1) is 0 Å². The summed E-state index contributed by atoms with van der Waals surface area (Å²) < 4.78 is 19.3. The van der Waals surface area contributed by atoms with Crippen LogP contribution in [0, 0.1) is 5.82 Å². The second-order valence-corrected chi connectivity index (χ2v) is 7.12. The Hall–Kier alpha value is -0.530. The summed E-state index contributed by atoms with van der Waals surface area (Å²) >= 11 is 13.5. The van der Waals surface area contributed by atoms with Crippen molar-refractivity contribution in [1.29, 1.82) is 0 Å². The molecule has 0 spiro atoms. The number of ether oxygens (including phenoxy) is 1. The zero-order valence-electron chi connectivity index (χ0n) is 12.7. The van der Waals surface area contributed by atoms with Gasteiger partial charge in [0.1, 0.15) is 11.9 Å². The highest BCUT2D eigenvalue weighted by atomic mass is 35.5. The van der Waals surface area contributed by atoms with Crippen LogP contribution in [0.4, 0.5) is 4.39 Å². The summed E-state index contributed by atoms with van der Waals surface area (Å²) in [4.78, 5) is 14.0. The summed E-state index contributed by atoms with van der Waals surface area (Å²) in [6.45, 7) is 1.12. The molecule has 2 N–H and O–H groups in total. The number of morpholine rings is 1. The molecule has 0 aromatic heterocycles. The van der Waals surface area contributed by atoms with Crippen molar-refractivity contribution in [1.82, 2.24) is 4.90 Å². The standard InChI is InChI=1S/C15H19Cl2FN2O2S/c1-23-5-2-13(19)15(21)20-3-4-22-14(8-20)9-6-12(18)11(17)7-10(9)16/h6-7,13-14H,2-5,8,19H2,1H3. The number of thioether (sulfide) groups is 1. The van der Waals surface area contributed by atoms with Crippen molar-refractivity contribution in [2.75, 3.05) is 31.7 Å². The molecule has 0 radical (unpaired) electrons. The van der Waals surface area contributed by atoms with Crippen molar-refractivity contribution < 1.29 is 13.9 Å².